The van der Waals surface area contributed by atoms with Gasteiger partial charge in [-0.2, -0.15) is 0 Å². The van der Waals surface area contributed by atoms with Crippen molar-refractivity contribution < 1.29 is 0 Å². The summed E-state index contributed by atoms with van der Waals surface area (Å²) in [6, 6.07) is 68.4. The predicted octanol–water partition coefficient (Wildman–Crippen LogP) is 13.7. The lowest BCUT2D eigenvalue weighted by Crippen LogP contribution is -2.03. The van der Waals surface area contributed by atoms with Crippen LogP contribution in [0.5, 0.6) is 0 Å². The first-order valence-corrected chi connectivity index (χ1v) is 19.6. The van der Waals surface area contributed by atoms with E-state index in [2.05, 4.69) is 174 Å². The minimum absolute atomic E-state index is 0.623. The summed E-state index contributed by atoms with van der Waals surface area (Å²) in [6.07, 6.45) is 0. The summed E-state index contributed by atoms with van der Waals surface area (Å²) in [5, 5.41) is 5.06. The minimum Gasteiger partial charge on any atom is -0.308 e. The predicted molar refractivity (Wildman–Crippen MR) is 234 cm³/mol. The van der Waals surface area contributed by atoms with Gasteiger partial charge in [0.15, 0.2) is 17.5 Å². The Hall–Kier alpha value is -7.21. The molecule has 3 heterocycles. The van der Waals surface area contributed by atoms with E-state index in [0.717, 1.165) is 39.0 Å². The number of aromatic nitrogens is 4. The van der Waals surface area contributed by atoms with E-state index in [1.807, 2.05) is 35.6 Å². The van der Waals surface area contributed by atoms with Crippen LogP contribution in [0.2, 0.25) is 0 Å². The highest BCUT2D eigenvalue weighted by molar-refractivity contribution is 7.27. The van der Waals surface area contributed by atoms with Gasteiger partial charge < -0.3 is 4.57 Å². The van der Waals surface area contributed by atoms with Crippen molar-refractivity contribution in [3.05, 3.63) is 194 Å². The topological polar surface area (TPSA) is 43.6 Å². The van der Waals surface area contributed by atoms with Crippen LogP contribution < -0.4 is 0 Å². The number of rotatable bonds is 6. The molecule has 0 amide bonds. The maximum absolute atomic E-state index is 5.22. The Morgan fingerprint density at radius 2 is 0.893 bits per heavy atom. The van der Waals surface area contributed by atoms with Crippen LogP contribution in [-0.4, -0.2) is 19.5 Å². The highest BCUT2D eigenvalue weighted by Gasteiger charge is 2.22. The molecule has 0 aliphatic carbocycles. The number of hydrogen-bond donors (Lipinski definition) is 0. The Bertz CT molecular complexity index is 3220. The summed E-state index contributed by atoms with van der Waals surface area (Å²) < 4.78 is 4.97. The van der Waals surface area contributed by atoms with Gasteiger partial charge in [0, 0.05) is 47.6 Å². The molecule has 11 rings (SSSR count). The van der Waals surface area contributed by atoms with Crippen LogP contribution in [0.1, 0.15) is 0 Å². The average Bonchev–Trinajstić information content (AvgIpc) is 3.83. The van der Waals surface area contributed by atoms with Crippen molar-refractivity contribution in [1.29, 1.82) is 0 Å². The molecule has 0 N–H and O–H groups in total. The van der Waals surface area contributed by atoms with Gasteiger partial charge in [-0.25, -0.2) is 15.0 Å². The van der Waals surface area contributed by atoms with E-state index in [4.69, 9.17) is 15.0 Å². The third kappa shape index (κ3) is 5.32. The monoisotopic (exact) mass is 732 g/mol. The first-order valence-electron chi connectivity index (χ1n) is 18.8. The zero-order valence-corrected chi connectivity index (χ0v) is 31.0. The number of para-hydroxylation sites is 2. The van der Waals surface area contributed by atoms with E-state index in [-0.39, 0.29) is 0 Å². The van der Waals surface area contributed by atoms with Crippen LogP contribution in [0.3, 0.4) is 0 Å². The minimum atomic E-state index is 0.623. The van der Waals surface area contributed by atoms with Crippen LogP contribution in [0, 0.1) is 0 Å². The molecule has 3 aromatic heterocycles. The second-order valence-corrected chi connectivity index (χ2v) is 15.0. The van der Waals surface area contributed by atoms with Gasteiger partial charge in [-0.3, -0.25) is 0 Å². The fourth-order valence-corrected chi connectivity index (χ4v) is 9.38. The van der Waals surface area contributed by atoms with Crippen LogP contribution in [0.25, 0.3) is 104 Å². The Morgan fingerprint density at radius 3 is 1.64 bits per heavy atom. The molecular formula is C51H32N4S. The SMILES string of the molecule is c1ccc(-c2ccc(-c3nc(-c4ccccc4)nc(-c4ccccc4-n4c5ccccc5c5c6sc7cccc(-c8ccccc8)c7c6ccc54)n3)cc2)cc1. The van der Waals surface area contributed by atoms with Crippen LogP contribution in [0.15, 0.2) is 194 Å². The lowest BCUT2D eigenvalue weighted by Gasteiger charge is -2.14. The van der Waals surface area contributed by atoms with Crippen molar-refractivity contribution >= 4 is 53.3 Å². The van der Waals surface area contributed by atoms with Gasteiger partial charge in [-0.05, 0) is 52.6 Å². The summed E-state index contributed by atoms with van der Waals surface area (Å²) in [7, 11) is 0. The Labute approximate surface area is 327 Å². The Morgan fingerprint density at radius 1 is 0.339 bits per heavy atom. The molecule has 56 heavy (non-hydrogen) atoms. The average molecular weight is 733 g/mol. The lowest BCUT2D eigenvalue weighted by molar-refractivity contribution is 1.06. The van der Waals surface area contributed by atoms with Crippen LogP contribution in [-0.2, 0) is 0 Å². The number of fused-ring (bicyclic) bond motifs is 7. The molecule has 11 aromatic rings. The molecule has 0 atom stereocenters. The molecule has 0 saturated carbocycles. The summed E-state index contributed by atoms with van der Waals surface area (Å²) in [6.45, 7) is 0. The maximum atomic E-state index is 5.22. The molecule has 262 valence electrons. The second kappa shape index (κ2) is 13.3. The highest BCUT2D eigenvalue weighted by atomic mass is 32.1. The molecule has 0 aliphatic rings. The van der Waals surface area contributed by atoms with Crippen molar-refractivity contribution in [2.75, 3.05) is 0 Å². The molecule has 0 bridgehead atoms. The third-order valence-electron chi connectivity index (χ3n) is 10.7. The fourth-order valence-electron chi connectivity index (χ4n) is 8.10. The molecule has 0 saturated heterocycles. The summed E-state index contributed by atoms with van der Waals surface area (Å²) in [5.74, 6) is 1.89. The molecular weight excluding hydrogens is 701 g/mol. The lowest BCUT2D eigenvalue weighted by atomic mass is 9.99. The van der Waals surface area contributed by atoms with E-state index < -0.39 is 0 Å². The zero-order chi connectivity index (χ0) is 37.0. The Kier molecular flexibility index (Phi) is 7.64. The van der Waals surface area contributed by atoms with E-state index in [9.17, 15) is 0 Å². The molecule has 5 heteroatoms. The first-order chi connectivity index (χ1) is 27.8. The van der Waals surface area contributed by atoms with Crippen molar-refractivity contribution in [2.45, 2.75) is 0 Å². The van der Waals surface area contributed by atoms with Gasteiger partial charge in [0.2, 0.25) is 0 Å². The van der Waals surface area contributed by atoms with E-state index in [0.29, 0.717) is 17.5 Å². The maximum Gasteiger partial charge on any atom is 0.166 e. The summed E-state index contributed by atoms with van der Waals surface area (Å²) in [4.78, 5) is 15.4. The third-order valence-corrected chi connectivity index (χ3v) is 11.9. The smallest absolute Gasteiger partial charge is 0.166 e. The second-order valence-electron chi connectivity index (χ2n) is 14.0. The van der Waals surface area contributed by atoms with E-state index in [1.54, 1.807) is 0 Å². The molecule has 0 spiro atoms. The summed E-state index contributed by atoms with van der Waals surface area (Å²) >= 11 is 1.88. The largest absolute Gasteiger partial charge is 0.308 e. The molecule has 4 nitrogen and oxygen atoms in total. The van der Waals surface area contributed by atoms with Gasteiger partial charge in [0.1, 0.15) is 0 Å². The number of thiophene rings is 1. The van der Waals surface area contributed by atoms with Crippen molar-refractivity contribution in [3.8, 4) is 62.1 Å². The number of benzene rings is 8. The number of hydrogen-bond acceptors (Lipinski definition) is 4. The van der Waals surface area contributed by atoms with Crippen molar-refractivity contribution in [2.24, 2.45) is 0 Å². The van der Waals surface area contributed by atoms with Gasteiger partial charge in [-0.15, -0.1) is 11.3 Å². The van der Waals surface area contributed by atoms with Crippen LogP contribution >= 0.6 is 11.3 Å². The van der Waals surface area contributed by atoms with Gasteiger partial charge in [0.05, 0.1) is 16.7 Å². The van der Waals surface area contributed by atoms with Gasteiger partial charge in [0.25, 0.3) is 0 Å². The normalized spacial score (nSPS) is 11.6. The van der Waals surface area contributed by atoms with Crippen molar-refractivity contribution in [3.63, 3.8) is 0 Å². The number of nitrogens with zero attached hydrogens (tertiary/aromatic N) is 4. The van der Waals surface area contributed by atoms with E-state index in [1.165, 1.54) is 47.6 Å². The molecule has 8 aromatic carbocycles. The van der Waals surface area contributed by atoms with E-state index >= 15 is 0 Å². The highest BCUT2D eigenvalue weighted by Crippen LogP contribution is 2.46. The van der Waals surface area contributed by atoms with Crippen LogP contribution in [0.4, 0.5) is 0 Å². The first kappa shape index (κ1) is 32.2. The van der Waals surface area contributed by atoms with Gasteiger partial charge in [-0.1, -0.05) is 164 Å². The molecule has 0 aliphatic heterocycles. The quantitative estimate of drug-likeness (QED) is 0.171. The molecule has 0 unspecified atom stereocenters. The zero-order valence-electron chi connectivity index (χ0n) is 30.2. The van der Waals surface area contributed by atoms with Crippen molar-refractivity contribution in [1.82, 2.24) is 19.5 Å². The Balaban J connectivity index is 1.13. The molecule has 0 fully saturated rings. The summed E-state index contributed by atoms with van der Waals surface area (Å²) in [5.41, 5.74) is 10.9. The van der Waals surface area contributed by atoms with Gasteiger partial charge >= 0.3 is 0 Å². The molecule has 0 radical (unpaired) electrons. The standard InChI is InChI=1S/C51H32N4S/c1-4-15-33(16-5-1)34-27-29-37(30-28-34)50-52-49(36-19-8-3-9-20-36)53-51(54-50)40-22-11-13-25-43(40)55-42-24-12-10-21-39(42)47-44(55)32-31-41-46-38(35-17-6-2-7-18-35)23-14-26-45(46)56-48(41)47/h1-32H. The fraction of sp³-hybridized carbons (Fsp3) is 0.